The first-order chi connectivity index (χ1) is 6.06. The lowest BCUT2D eigenvalue weighted by atomic mass is 9.89. The maximum Gasteiger partial charge on any atom is 0.414 e. The van der Waals surface area contributed by atoms with E-state index in [2.05, 4.69) is 5.32 Å². The molecule has 0 amide bonds. The van der Waals surface area contributed by atoms with Gasteiger partial charge >= 0.3 is 11.9 Å². The average Bonchev–Trinajstić information content (AvgIpc) is 1.80. The van der Waals surface area contributed by atoms with Gasteiger partial charge in [0.1, 0.15) is 0 Å². The fourth-order valence-electron chi connectivity index (χ4n) is 1.07. The Kier molecular flexibility index (Phi) is 2.84. The highest BCUT2D eigenvalue weighted by Gasteiger charge is 2.43. The average molecular weight is 189 g/mol. The van der Waals surface area contributed by atoms with Crippen LogP contribution in [0.2, 0.25) is 0 Å². The van der Waals surface area contributed by atoms with E-state index < -0.39 is 11.9 Å². The van der Waals surface area contributed by atoms with Crippen molar-refractivity contribution in [2.45, 2.75) is 12.0 Å². The Morgan fingerprint density at radius 2 is 1.69 bits per heavy atom. The molecule has 3 N–H and O–H groups in total. The normalized spacial score (nSPS) is 21.8. The Morgan fingerprint density at radius 3 is 1.69 bits per heavy atom. The zero-order valence-electron chi connectivity index (χ0n) is 6.95. The number of carboxylic acids is 2. The molecule has 0 unspecified atom stereocenters. The topological polar surface area (TPSA) is 95.9 Å². The molecule has 0 aromatic carbocycles. The molecule has 2 aliphatic heterocycles. The van der Waals surface area contributed by atoms with Crippen molar-refractivity contribution < 1.29 is 24.5 Å². The Morgan fingerprint density at radius 1 is 1.23 bits per heavy atom. The summed E-state index contributed by atoms with van der Waals surface area (Å²) in [6.45, 7) is 3.17. The minimum Gasteiger partial charge on any atom is -0.473 e. The first-order valence-electron chi connectivity index (χ1n) is 3.87. The molecule has 0 aromatic heterocycles. The number of rotatable bonds is 0. The highest BCUT2D eigenvalue weighted by molar-refractivity contribution is 6.27. The van der Waals surface area contributed by atoms with Gasteiger partial charge < -0.3 is 20.3 Å². The van der Waals surface area contributed by atoms with E-state index in [0.717, 1.165) is 19.7 Å². The fraction of sp³-hybridized carbons (Fsp3) is 0.714. The maximum atomic E-state index is 9.10. The number of aliphatic carboxylic acids is 2. The van der Waals surface area contributed by atoms with E-state index in [4.69, 9.17) is 24.5 Å². The molecule has 0 aromatic rings. The van der Waals surface area contributed by atoms with Crippen molar-refractivity contribution in [1.29, 1.82) is 0 Å². The Hall–Kier alpha value is -1.14. The molecule has 1 spiro atoms. The van der Waals surface area contributed by atoms with Crippen LogP contribution in [0.15, 0.2) is 0 Å². The maximum absolute atomic E-state index is 9.10. The van der Waals surface area contributed by atoms with Gasteiger partial charge in [0.15, 0.2) is 0 Å². The van der Waals surface area contributed by atoms with Gasteiger partial charge in [-0.1, -0.05) is 0 Å². The van der Waals surface area contributed by atoms with Crippen LogP contribution in [0.1, 0.15) is 6.42 Å². The van der Waals surface area contributed by atoms with Crippen molar-refractivity contribution in [2.24, 2.45) is 0 Å². The molecule has 0 saturated carbocycles. The fourth-order valence-corrected chi connectivity index (χ4v) is 1.07. The van der Waals surface area contributed by atoms with Gasteiger partial charge in [-0.2, -0.15) is 0 Å². The van der Waals surface area contributed by atoms with E-state index in [1.807, 2.05) is 0 Å². The molecule has 0 aliphatic carbocycles. The minimum atomic E-state index is -1.82. The van der Waals surface area contributed by atoms with Crippen LogP contribution in [0.4, 0.5) is 0 Å². The third-order valence-electron chi connectivity index (χ3n) is 2.04. The van der Waals surface area contributed by atoms with Crippen LogP contribution >= 0.6 is 0 Å². The molecule has 2 fully saturated rings. The summed E-state index contributed by atoms with van der Waals surface area (Å²) < 4.78 is 5.29. The van der Waals surface area contributed by atoms with E-state index >= 15 is 0 Å². The molecule has 0 bridgehead atoms. The number of hydrogen-bond acceptors (Lipinski definition) is 4. The summed E-state index contributed by atoms with van der Waals surface area (Å²) in [7, 11) is 0. The van der Waals surface area contributed by atoms with Gasteiger partial charge in [-0.15, -0.1) is 0 Å². The summed E-state index contributed by atoms with van der Waals surface area (Å²) in [5.74, 6) is -3.65. The molecule has 13 heavy (non-hydrogen) atoms. The Balaban J connectivity index is 0.000000133. The van der Waals surface area contributed by atoms with Gasteiger partial charge in [0.2, 0.25) is 0 Å². The zero-order chi connectivity index (χ0) is 9.90. The summed E-state index contributed by atoms with van der Waals surface area (Å²) in [6, 6.07) is 0. The minimum absolute atomic E-state index is 0.333. The van der Waals surface area contributed by atoms with E-state index in [1.54, 1.807) is 0 Å². The SMILES string of the molecule is C1CC2(CNC2)O1.O=C(O)C(=O)O. The summed E-state index contributed by atoms with van der Waals surface area (Å²) in [6.07, 6.45) is 1.28. The molecule has 2 rings (SSSR count). The Bertz CT molecular complexity index is 191. The van der Waals surface area contributed by atoms with Gasteiger partial charge in [-0.25, -0.2) is 9.59 Å². The molecule has 6 nitrogen and oxygen atoms in total. The van der Waals surface area contributed by atoms with Crippen molar-refractivity contribution in [1.82, 2.24) is 5.32 Å². The summed E-state index contributed by atoms with van der Waals surface area (Å²) >= 11 is 0. The van der Waals surface area contributed by atoms with Crippen LogP contribution in [-0.4, -0.2) is 47.4 Å². The van der Waals surface area contributed by atoms with Crippen molar-refractivity contribution >= 4 is 11.9 Å². The molecule has 0 atom stereocenters. The van der Waals surface area contributed by atoms with Crippen LogP contribution in [0.3, 0.4) is 0 Å². The Labute approximate surface area is 74.5 Å². The number of carboxylic acid groups (broad SMARTS) is 2. The van der Waals surface area contributed by atoms with Gasteiger partial charge in [0.25, 0.3) is 0 Å². The van der Waals surface area contributed by atoms with E-state index in [9.17, 15) is 0 Å². The number of nitrogens with one attached hydrogen (secondary N) is 1. The second-order valence-electron chi connectivity index (χ2n) is 3.00. The largest absolute Gasteiger partial charge is 0.473 e. The van der Waals surface area contributed by atoms with Crippen LogP contribution in [0.25, 0.3) is 0 Å². The molecule has 6 heteroatoms. The van der Waals surface area contributed by atoms with Crippen LogP contribution in [0, 0.1) is 0 Å². The van der Waals surface area contributed by atoms with Gasteiger partial charge in [-0.05, 0) is 0 Å². The van der Waals surface area contributed by atoms with Crippen molar-refractivity contribution in [3.63, 3.8) is 0 Å². The summed E-state index contributed by atoms with van der Waals surface area (Å²) in [4.78, 5) is 18.2. The van der Waals surface area contributed by atoms with Crippen LogP contribution in [-0.2, 0) is 14.3 Å². The first-order valence-corrected chi connectivity index (χ1v) is 3.87. The lowest BCUT2D eigenvalue weighted by Crippen LogP contribution is -2.66. The summed E-state index contributed by atoms with van der Waals surface area (Å²) in [5.41, 5.74) is 0.333. The predicted molar refractivity (Wildman–Crippen MR) is 41.4 cm³/mol. The van der Waals surface area contributed by atoms with E-state index in [1.165, 1.54) is 6.42 Å². The zero-order valence-corrected chi connectivity index (χ0v) is 6.95. The molecule has 2 aliphatic rings. The second kappa shape index (κ2) is 3.71. The molecule has 2 heterocycles. The van der Waals surface area contributed by atoms with Gasteiger partial charge in [-0.3, -0.25) is 0 Å². The highest BCUT2D eigenvalue weighted by atomic mass is 16.5. The third-order valence-corrected chi connectivity index (χ3v) is 2.04. The molecule has 2 saturated heterocycles. The molecular formula is C7H11NO5. The lowest BCUT2D eigenvalue weighted by molar-refractivity contribution is -0.173. The second-order valence-corrected chi connectivity index (χ2v) is 3.00. The number of ether oxygens (including phenoxy) is 1. The van der Waals surface area contributed by atoms with Crippen molar-refractivity contribution in [3.05, 3.63) is 0 Å². The smallest absolute Gasteiger partial charge is 0.414 e. The molecule has 0 radical (unpaired) electrons. The van der Waals surface area contributed by atoms with Crippen molar-refractivity contribution in [3.8, 4) is 0 Å². The van der Waals surface area contributed by atoms with E-state index in [0.29, 0.717) is 5.60 Å². The standard InChI is InChI=1S/C5H9NO.C2H2O4/c1-2-7-5(1)3-6-4-5;3-1(4)2(5)6/h6H,1-4H2;(H,3,4)(H,5,6). The predicted octanol–water partition coefficient (Wildman–Crippen LogP) is -1.10. The van der Waals surface area contributed by atoms with Gasteiger partial charge in [0, 0.05) is 19.5 Å². The monoisotopic (exact) mass is 189 g/mol. The van der Waals surface area contributed by atoms with Crippen LogP contribution in [0.5, 0.6) is 0 Å². The molecule has 74 valence electrons. The number of carbonyl (C=O) groups is 2. The molecular weight excluding hydrogens is 178 g/mol. The van der Waals surface area contributed by atoms with Crippen molar-refractivity contribution in [2.75, 3.05) is 19.7 Å². The van der Waals surface area contributed by atoms with Crippen LogP contribution < -0.4 is 5.32 Å². The highest BCUT2D eigenvalue weighted by Crippen LogP contribution is 2.29. The summed E-state index contributed by atoms with van der Waals surface area (Å²) in [5, 5.41) is 18.0. The van der Waals surface area contributed by atoms with Gasteiger partial charge in [0.05, 0.1) is 12.2 Å². The quantitative estimate of drug-likeness (QED) is 0.419. The third kappa shape index (κ3) is 2.40. The first kappa shape index (κ1) is 9.94. The lowest BCUT2D eigenvalue weighted by Gasteiger charge is -2.49. The number of hydrogen-bond donors (Lipinski definition) is 3. The van der Waals surface area contributed by atoms with E-state index in [-0.39, 0.29) is 0 Å².